The molecule has 2 amide bonds. The van der Waals surface area contributed by atoms with E-state index < -0.39 is 17.8 Å². The average Bonchev–Trinajstić information content (AvgIpc) is 3.03. The molecule has 1 fully saturated rings. The summed E-state index contributed by atoms with van der Waals surface area (Å²) in [5.41, 5.74) is -0.694. The molecule has 0 aromatic carbocycles. The van der Waals surface area contributed by atoms with E-state index in [0.29, 0.717) is 6.54 Å². The number of aliphatic imine (C=N–C) groups is 1. The normalized spacial score (nSPS) is 25.5. The van der Waals surface area contributed by atoms with Crippen LogP contribution in [0.1, 0.15) is 33.6 Å². The predicted molar refractivity (Wildman–Crippen MR) is 94.5 cm³/mol. The minimum absolute atomic E-state index is 0.0594. The molecule has 0 spiro atoms. The Morgan fingerprint density at radius 1 is 1.52 bits per heavy atom. The van der Waals surface area contributed by atoms with E-state index in [2.05, 4.69) is 38.1 Å². The number of nitrogens with zero attached hydrogens (tertiary/aromatic N) is 2. The Kier molecular flexibility index (Phi) is 5.58. The van der Waals surface area contributed by atoms with E-state index in [-0.39, 0.29) is 17.9 Å². The highest BCUT2D eigenvalue weighted by Gasteiger charge is 2.43. The Morgan fingerprint density at radius 2 is 2.20 bits per heavy atom. The topological polar surface area (TPSA) is 83.0 Å². The van der Waals surface area contributed by atoms with Gasteiger partial charge in [0.05, 0.1) is 13.2 Å². The van der Waals surface area contributed by atoms with Crippen molar-refractivity contribution in [2.45, 2.75) is 51.4 Å². The SMILES string of the molecule is C#CC#CC1(C)N=C([C@H]2CCCN2C(=O)[C@H](NC(=O)OC)C(C)C)N1. The summed E-state index contributed by atoms with van der Waals surface area (Å²) in [6, 6.07) is -0.768. The first kappa shape index (κ1) is 18.7. The van der Waals surface area contributed by atoms with Crippen LogP contribution >= 0.6 is 0 Å². The van der Waals surface area contributed by atoms with Crippen molar-refractivity contribution in [3.63, 3.8) is 0 Å². The number of hydrogen-bond acceptors (Lipinski definition) is 5. The van der Waals surface area contributed by atoms with E-state index in [9.17, 15) is 9.59 Å². The molecule has 7 nitrogen and oxygen atoms in total. The summed E-state index contributed by atoms with van der Waals surface area (Å²) in [4.78, 5) is 30.8. The highest BCUT2D eigenvalue weighted by atomic mass is 16.5. The highest BCUT2D eigenvalue weighted by Crippen LogP contribution is 2.26. The minimum atomic E-state index is -0.694. The van der Waals surface area contributed by atoms with Gasteiger partial charge >= 0.3 is 6.09 Å². The Hall–Kier alpha value is -2.67. The molecule has 1 unspecified atom stereocenters. The van der Waals surface area contributed by atoms with Gasteiger partial charge in [0.2, 0.25) is 5.91 Å². The van der Waals surface area contributed by atoms with Crippen molar-refractivity contribution in [2.24, 2.45) is 10.9 Å². The van der Waals surface area contributed by atoms with Gasteiger partial charge < -0.3 is 20.3 Å². The molecule has 2 heterocycles. The van der Waals surface area contributed by atoms with Crippen molar-refractivity contribution >= 4 is 17.8 Å². The van der Waals surface area contributed by atoms with E-state index in [1.165, 1.54) is 7.11 Å². The summed E-state index contributed by atoms with van der Waals surface area (Å²) in [6.07, 6.45) is 6.24. The first-order valence-electron chi connectivity index (χ1n) is 8.32. The van der Waals surface area contributed by atoms with Gasteiger partial charge in [0.15, 0.2) is 5.66 Å². The quantitative estimate of drug-likeness (QED) is 0.736. The zero-order valence-electron chi connectivity index (χ0n) is 15.0. The summed E-state index contributed by atoms with van der Waals surface area (Å²) in [5, 5.41) is 5.84. The van der Waals surface area contributed by atoms with Crippen LogP contribution in [0, 0.1) is 30.1 Å². The van der Waals surface area contributed by atoms with Gasteiger partial charge in [-0.05, 0) is 43.4 Å². The Balaban J connectivity index is 2.13. The molecule has 3 atom stereocenters. The lowest BCUT2D eigenvalue weighted by Crippen LogP contribution is -2.62. The first-order chi connectivity index (χ1) is 11.8. The molecule has 0 aliphatic carbocycles. The number of amidine groups is 1. The molecule has 0 bridgehead atoms. The van der Waals surface area contributed by atoms with Crippen LogP contribution in [-0.2, 0) is 9.53 Å². The van der Waals surface area contributed by atoms with Crippen molar-refractivity contribution in [2.75, 3.05) is 13.7 Å². The number of terminal acetylenes is 1. The van der Waals surface area contributed by atoms with Gasteiger partial charge in [0.1, 0.15) is 11.9 Å². The smallest absolute Gasteiger partial charge is 0.407 e. The fraction of sp³-hybridized carbons (Fsp3) is 0.611. The maximum Gasteiger partial charge on any atom is 0.407 e. The maximum absolute atomic E-state index is 12.9. The van der Waals surface area contributed by atoms with Gasteiger partial charge in [0, 0.05) is 6.54 Å². The summed E-state index contributed by atoms with van der Waals surface area (Å²) < 4.78 is 4.63. The van der Waals surface area contributed by atoms with E-state index in [1.54, 1.807) is 4.90 Å². The second-order valence-corrected chi connectivity index (χ2v) is 6.64. The van der Waals surface area contributed by atoms with Gasteiger partial charge in [0.25, 0.3) is 0 Å². The number of alkyl carbamates (subject to hydrolysis) is 1. The second-order valence-electron chi connectivity index (χ2n) is 6.64. The molecule has 0 saturated carbocycles. The van der Waals surface area contributed by atoms with Crippen LogP contribution in [0.5, 0.6) is 0 Å². The molecule has 25 heavy (non-hydrogen) atoms. The van der Waals surface area contributed by atoms with Crippen molar-refractivity contribution in [3.8, 4) is 24.2 Å². The lowest BCUT2D eigenvalue weighted by atomic mass is 10.0. The van der Waals surface area contributed by atoms with Crippen LogP contribution < -0.4 is 10.6 Å². The zero-order valence-corrected chi connectivity index (χ0v) is 15.0. The summed E-state index contributed by atoms with van der Waals surface area (Å²) in [6.45, 7) is 6.23. The molecule has 0 aromatic heterocycles. The molecule has 134 valence electrons. The van der Waals surface area contributed by atoms with E-state index in [0.717, 1.165) is 18.7 Å². The van der Waals surface area contributed by atoms with Crippen molar-refractivity contribution in [1.82, 2.24) is 15.5 Å². The Morgan fingerprint density at radius 3 is 2.76 bits per heavy atom. The number of nitrogens with one attached hydrogen (secondary N) is 2. The number of methoxy groups -OCH3 is 1. The predicted octanol–water partition coefficient (Wildman–Crippen LogP) is 0.713. The van der Waals surface area contributed by atoms with Gasteiger partial charge in [-0.3, -0.25) is 4.79 Å². The number of likely N-dealkylation sites (tertiary alicyclic amines) is 1. The van der Waals surface area contributed by atoms with Crippen molar-refractivity contribution in [1.29, 1.82) is 0 Å². The lowest BCUT2D eigenvalue weighted by molar-refractivity contribution is -0.134. The van der Waals surface area contributed by atoms with Gasteiger partial charge in [-0.25, -0.2) is 9.79 Å². The lowest BCUT2D eigenvalue weighted by Gasteiger charge is -2.39. The van der Waals surface area contributed by atoms with Crippen LogP contribution in [0.3, 0.4) is 0 Å². The summed E-state index contributed by atoms with van der Waals surface area (Å²) in [7, 11) is 1.28. The molecule has 0 radical (unpaired) electrons. The molecule has 2 aliphatic heterocycles. The fourth-order valence-corrected chi connectivity index (χ4v) is 3.06. The van der Waals surface area contributed by atoms with E-state index >= 15 is 0 Å². The number of ether oxygens (including phenoxy) is 1. The minimum Gasteiger partial charge on any atom is -0.453 e. The van der Waals surface area contributed by atoms with Crippen LogP contribution in [-0.4, -0.2) is 54.1 Å². The largest absolute Gasteiger partial charge is 0.453 e. The zero-order chi connectivity index (χ0) is 18.6. The molecule has 2 aliphatic rings. The van der Waals surface area contributed by atoms with Crippen LogP contribution in [0.4, 0.5) is 4.79 Å². The van der Waals surface area contributed by atoms with Crippen LogP contribution in [0.25, 0.3) is 0 Å². The number of carbonyl (C=O) groups excluding carboxylic acids is 2. The molecule has 1 saturated heterocycles. The molecular weight excluding hydrogens is 320 g/mol. The second kappa shape index (κ2) is 7.48. The highest BCUT2D eigenvalue weighted by molar-refractivity contribution is 5.97. The van der Waals surface area contributed by atoms with Crippen LogP contribution in [0.2, 0.25) is 0 Å². The number of hydrogen-bond donors (Lipinski definition) is 2. The van der Waals surface area contributed by atoms with Crippen molar-refractivity contribution < 1.29 is 14.3 Å². The van der Waals surface area contributed by atoms with E-state index in [1.807, 2.05) is 20.8 Å². The van der Waals surface area contributed by atoms with Gasteiger partial charge in [-0.2, -0.15) is 0 Å². The molecule has 0 aromatic rings. The number of amides is 2. The Bertz CT molecular complexity index is 683. The summed E-state index contributed by atoms with van der Waals surface area (Å²) >= 11 is 0. The first-order valence-corrected chi connectivity index (χ1v) is 8.32. The maximum atomic E-state index is 12.9. The third-order valence-electron chi connectivity index (χ3n) is 4.34. The number of carbonyl (C=O) groups is 2. The van der Waals surface area contributed by atoms with Crippen molar-refractivity contribution in [3.05, 3.63) is 0 Å². The standard InChI is InChI=1S/C18H24N4O3/c1-6-7-10-18(4)20-15(21-18)13-9-8-11-22(13)16(23)14(12(2)3)19-17(24)25-5/h1,12-14H,8-9,11H2,2-5H3,(H,19,24)(H,20,21)/t13-,14-/m1/s1. The average molecular weight is 344 g/mol. The van der Waals surface area contributed by atoms with Gasteiger partial charge in [-0.1, -0.05) is 13.8 Å². The fourth-order valence-electron chi connectivity index (χ4n) is 3.06. The van der Waals surface area contributed by atoms with E-state index in [4.69, 9.17) is 6.42 Å². The molecule has 7 heteroatoms. The Labute approximate surface area is 148 Å². The number of rotatable bonds is 4. The third kappa shape index (κ3) is 4.06. The van der Waals surface area contributed by atoms with Gasteiger partial charge in [-0.15, -0.1) is 6.42 Å². The summed E-state index contributed by atoms with van der Waals surface area (Å²) in [5.74, 6) is 8.23. The molecular formula is C18H24N4O3. The monoisotopic (exact) mass is 344 g/mol. The van der Waals surface area contributed by atoms with Crippen LogP contribution in [0.15, 0.2) is 4.99 Å². The third-order valence-corrected chi connectivity index (χ3v) is 4.34. The molecule has 2 rings (SSSR count). The molecule has 2 N–H and O–H groups in total.